The zero-order valence-electron chi connectivity index (χ0n) is 6.28. The molecule has 0 bridgehead atoms. The van der Waals surface area contributed by atoms with Gasteiger partial charge in [-0.15, -0.1) is 11.3 Å². The van der Waals surface area contributed by atoms with Gasteiger partial charge in [0.15, 0.2) is 5.69 Å². The highest BCUT2D eigenvalue weighted by atomic mass is 32.1. The largest absolute Gasteiger partial charge is 0.477 e. The summed E-state index contributed by atoms with van der Waals surface area (Å²) in [5.41, 5.74) is 0.0156. The third-order valence-electron chi connectivity index (χ3n) is 1.80. The van der Waals surface area contributed by atoms with Crippen LogP contribution in [0.25, 0.3) is 0 Å². The van der Waals surface area contributed by atoms with Gasteiger partial charge in [-0.25, -0.2) is 9.78 Å². The molecule has 1 aromatic rings. The van der Waals surface area contributed by atoms with Gasteiger partial charge >= 0.3 is 5.97 Å². The smallest absolute Gasteiger partial charge is 0.354 e. The highest BCUT2D eigenvalue weighted by Gasteiger charge is 2.28. The first kappa shape index (κ1) is 7.80. The first-order valence-electron chi connectivity index (χ1n) is 3.68. The number of carboxylic acids is 1. The molecule has 1 fully saturated rings. The van der Waals surface area contributed by atoms with E-state index in [0.717, 1.165) is 17.8 Å². The van der Waals surface area contributed by atoms with Gasteiger partial charge in [0, 0.05) is 5.92 Å². The lowest BCUT2D eigenvalue weighted by Gasteiger charge is -1.86. The van der Waals surface area contributed by atoms with Gasteiger partial charge in [0.2, 0.25) is 0 Å². The quantitative estimate of drug-likeness (QED) is 0.673. The van der Waals surface area contributed by atoms with Crippen molar-refractivity contribution in [2.75, 3.05) is 0 Å². The maximum Gasteiger partial charge on any atom is 0.354 e. The van der Waals surface area contributed by atoms with Crippen LogP contribution in [0.15, 0.2) is 0 Å². The van der Waals surface area contributed by atoms with E-state index in [1.165, 1.54) is 11.3 Å². The van der Waals surface area contributed by atoms with E-state index in [1.807, 2.05) is 0 Å². The Labute approximate surface area is 74.9 Å². The number of rotatable bonds is 2. The molecule has 5 heteroatoms. The van der Waals surface area contributed by atoms with E-state index < -0.39 is 5.97 Å². The van der Waals surface area contributed by atoms with Gasteiger partial charge in [-0.2, -0.15) is 0 Å². The number of carbonyl (C=O) groups is 1. The van der Waals surface area contributed by atoms with E-state index in [-0.39, 0.29) is 5.69 Å². The average molecular weight is 179 g/mol. The van der Waals surface area contributed by atoms with Crippen LogP contribution in [0.3, 0.4) is 0 Å². The number of hydrogen-bond donors (Lipinski definition) is 1. The molecule has 0 aliphatic heterocycles. The molecule has 0 amide bonds. The predicted molar refractivity (Wildman–Crippen MR) is 46.4 cm³/mol. The number of nitrogens with zero attached hydrogens (tertiary/aromatic N) is 1. The van der Waals surface area contributed by atoms with E-state index in [4.69, 9.17) is 13.0 Å². The molecule has 0 atom stereocenters. The summed E-state index contributed by atoms with van der Waals surface area (Å²) in [6.07, 6.45) is 2.23. The van der Waals surface area contributed by atoms with E-state index >= 15 is 0 Å². The van der Waals surface area contributed by atoms with Crippen LogP contribution in [0.5, 0.6) is 0 Å². The monoisotopic (exact) mass is 179 g/mol. The Morgan fingerprint density at radius 2 is 2.33 bits per heavy atom. The van der Waals surface area contributed by atoms with Crippen LogP contribution >= 0.6 is 11.3 Å². The number of aromatic carboxylic acids is 1. The number of carboxylic acid groups (broad SMARTS) is 1. The molecule has 1 N–H and O–H groups in total. The Balaban J connectivity index is 2.36. The average Bonchev–Trinajstić information content (AvgIpc) is 2.75. The molecule has 0 unspecified atom stereocenters. The van der Waals surface area contributed by atoms with E-state index in [0.29, 0.717) is 10.7 Å². The summed E-state index contributed by atoms with van der Waals surface area (Å²) in [6.45, 7) is 0. The van der Waals surface area contributed by atoms with Gasteiger partial charge in [-0.1, -0.05) is 0 Å². The third kappa shape index (κ3) is 1.24. The second-order valence-electron chi connectivity index (χ2n) is 2.84. The number of hydrogen-bond acceptors (Lipinski definition) is 3. The SMILES string of the molecule is [B]c1sc(C2CC2)nc1C(=O)O. The van der Waals surface area contributed by atoms with Crippen LogP contribution in [0.1, 0.15) is 34.3 Å². The predicted octanol–water partition coefficient (Wildman–Crippen LogP) is 0.512. The van der Waals surface area contributed by atoms with Crippen molar-refractivity contribution in [3.8, 4) is 0 Å². The fraction of sp³-hybridized carbons (Fsp3) is 0.429. The topological polar surface area (TPSA) is 50.2 Å². The van der Waals surface area contributed by atoms with Crippen molar-refractivity contribution in [3.05, 3.63) is 10.7 Å². The normalized spacial score (nSPS) is 16.3. The van der Waals surface area contributed by atoms with Crippen LogP contribution < -0.4 is 4.78 Å². The van der Waals surface area contributed by atoms with Crippen molar-refractivity contribution >= 4 is 29.9 Å². The molecule has 1 aromatic heterocycles. The molecule has 12 heavy (non-hydrogen) atoms. The second kappa shape index (κ2) is 2.59. The number of aromatic nitrogens is 1. The molecule has 2 radical (unpaired) electrons. The van der Waals surface area contributed by atoms with Crippen molar-refractivity contribution < 1.29 is 9.90 Å². The zero-order chi connectivity index (χ0) is 8.72. The summed E-state index contributed by atoms with van der Waals surface area (Å²) in [4.78, 5) is 14.5. The molecule has 3 nitrogen and oxygen atoms in total. The summed E-state index contributed by atoms with van der Waals surface area (Å²) in [5, 5.41) is 9.52. The lowest BCUT2D eigenvalue weighted by Crippen LogP contribution is -2.10. The van der Waals surface area contributed by atoms with E-state index in [1.54, 1.807) is 0 Å². The number of thiazole rings is 1. The molecule has 0 aromatic carbocycles. The summed E-state index contributed by atoms with van der Waals surface area (Å²) < 4.78 is 0.324. The maximum absolute atomic E-state index is 10.5. The molecular weight excluding hydrogens is 173 g/mol. The zero-order valence-corrected chi connectivity index (χ0v) is 7.10. The fourth-order valence-corrected chi connectivity index (χ4v) is 2.00. The summed E-state index contributed by atoms with van der Waals surface area (Å²) in [6, 6.07) is 0. The molecule has 1 aliphatic carbocycles. The minimum absolute atomic E-state index is 0.0156. The minimum Gasteiger partial charge on any atom is -0.477 e. The molecule has 0 spiro atoms. The van der Waals surface area contributed by atoms with E-state index in [9.17, 15) is 4.79 Å². The van der Waals surface area contributed by atoms with Crippen molar-refractivity contribution in [1.29, 1.82) is 0 Å². The van der Waals surface area contributed by atoms with Crippen molar-refractivity contribution in [2.45, 2.75) is 18.8 Å². The lowest BCUT2D eigenvalue weighted by molar-refractivity contribution is 0.0692. The van der Waals surface area contributed by atoms with Crippen LogP contribution in [0.4, 0.5) is 0 Å². The van der Waals surface area contributed by atoms with Crippen LogP contribution in [-0.4, -0.2) is 23.9 Å². The molecule has 1 heterocycles. The van der Waals surface area contributed by atoms with Crippen LogP contribution in [0, 0.1) is 0 Å². The molecular formula is C7H6BNO2S. The van der Waals surface area contributed by atoms with Crippen LogP contribution in [-0.2, 0) is 0 Å². The third-order valence-corrected chi connectivity index (χ3v) is 2.85. The highest BCUT2D eigenvalue weighted by Crippen LogP contribution is 2.40. The Bertz CT molecular complexity index is 332. The maximum atomic E-state index is 10.5. The first-order chi connectivity index (χ1) is 5.68. The highest BCUT2D eigenvalue weighted by molar-refractivity contribution is 7.20. The Morgan fingerprint density at radius 3 is 2.75 bits per heavy atom. The summed E-state index contributed by atoms with van der Waals surface area (Å²) in [7, 11) is 5.48. The van der Waals surface area contributed by atoms with Crippen LogP contribution in [0.2, 0.25) is 0 Å². The summed E-state index contributed by atoms with van der Waals surface area (Å²) >= 11 is 1.30. The van der Waals surface area contributed by atoms with Gasteiger partial charge in [0.05, 0.1) is 5.01 Å². The van der Waals surface area contributed by atoms with Crippen molar-refractivity contribution in [2.24, 2.45) is 0 Å². The standard InChI is InChI=1S/C7H6BNO2S/c8-5-4(7(10)11)9-6(12-5)3-1-2-3/h3H,1-2H2,(H,10,11). The summed E-state index contributed by atoms with van der Waals surface area (Å²) in [5.74, 6) is -0.555. The van der Waals surface area contributed by atoms with Crippen molar-refractivity contribution in [1.82, 2.24) is 4.98 Å². The van der Waals surface area contributed by atoms with E-state index in [2.05, 4.69) is 4.98 Å². The Kier molecular flexibility index (Phi) is 1.68. The second-order valence-corrected chi connectivity index (χ2v) is 3.91. The Hall–Kier alpha value is -0.835. The fourth-order valence-electron chi connectivity index (χ4n) is 1.01. The molecule has 2 rings (SSSR count). The Morgan fingerprint density at radius 1 is 1.67 bits per heavy atom. The molecule has 0 saturated heterocycles. The van der Waals surface area contributed by atoms with Gasteiger partial charge in [0.1, 0.15) is 7.85 Å². The molecule has 1 aliphatic rings. The van der Waals surface area contributed by atoms with Gasteiger partial charge < -0.3 is 5.11 Å². The minimum atomic E-state index is -1.03. The van der Waals surface area contributed by atoms with Gasteiger partial charge in [-0.3, -0.25) is 0 Å². The van der Waals surface area contributed by atoms with Gasteiger partial charge in [-0.05, 0) is 17.6 Å². The van der Waals surface area contributed by atoms with Gasteiger partial charge in [0.25, 0.3) is 0 Å². The van der Waals surface area contributed by atoms with Crippen molar-refractivity contribution in [3.63, 3.8) is 0 Å². The first-order valence-corrected chi connectivity index (χ1v) is 4.49. The lowest BCUT2D eigenvalue weighted by atomic mass is 10.1. The molecule has 60 valence electrons. The molecule has 1 saturated carbocycles.